The molecule has 0 bridgehead atoms. The van der Waals surface area contributed by atoms with Crippen LogP contribution in [0.15, 0.2) is 24.3 Å². The Morgan fingerprint density at radius 2 is 1.76 bits per heavy atom. The summed E-state index contributed by atoms with van der Waals surface area (Å²) in [6.07, 6.45) is 0.744. The molecule has 0 spiro atoms. The lowest BCUT2D eigenvalue weighted by Crippen LogP contribution is -2.43. The van der Waals surface area contributed by atoms with Crippen LogP contribution in [0, 0.1) is 0 Å². The van der Waals surface area contributed by atoms with Crippen LogP contribution in [0.25, 0.3) is 0 Å². The highest BCUT2D eigenvalue weighted by atomic mass is 28.4. The highest BCUT2D eigenvalue weighted by Crippen LogP contribution is 2.38. The molecular formula is C17H26O3Si. The molecule has 0 radical (unpaired) electrons. The van der Waals surface area contributed by atoms with E-state index in [9.17, 15) is 4.79 Å². The van der Waals surface area contributed by atoms with Crippen LogP contribution in [-0.2, 0) is 14.9 Å². The van der Waals surface area contributed by atoms with E-state index >= 15 is 0 Å². The summed E-state index contributed by atoms with van der Waals surface area (Å²) in [4.78, 5) is 11.9. The number of benzene rings is 1. The minimum Gasteiger partial charge on any atom is -0.544 e. The van der Waals surface area contributed by atoms with Gasteiger partial charge in [0.15, 0.2) is 0 Å². The second-order valence-corrected chi connectivity index (χ2v) is 12.3. The zero-order chi connectivity index (χ0) is 15.9. The molecule has 0 aliphatic carbocycles. The molecule has 1 aromatic rings. The smallest absolute Gasteiger partial charge is 0.316 e. The minimum atomic E-state index is -1.82. The maximum atomic E-state index is 11.9. The molecule has 4 heteroatoms. The van der Waals surface area contributed by atoms with Crippen LogP contribution in [0.1, 0.15) is 39.7 Å². The summed E-state index contributed by atoms with van der Waals surface area (Å²) >= 11 is 0. The van der Waals surface area contributed by atoms with E-state index in [1.54, 1.807) is 0 Å². The van der Waals surface area contributed by atoms with Crippen molar-refractivity contribution in [1.29, 1.82) is 0 Å². The fraction of sp³-hybridized carbons (Fsp3) is 0.588. The molecule has 0 aromatic heterocycles. The number of carbonyl (C=O) groups excluding carboxylic acids is 1. The minimum absolute atomic E-state index is 0.124. The molecule has 1 aliphatic heterocycles. The molecular weight excluding hydrogens is 280 g/mol. The van der Waals surface area contributed by atoms with Crippen molar-refractivity contribution in [3.63, 3.8) is 0 Å². The predicted octanol–water partition coefficient (Wildman–Crippen LogP) is 4.28. The molecule has 1 heterocycles. The molecule has 1 aliphatic rings. The molecule has 1 saturated heterocycles. The molecule has 0 amide bonds. The third-order valence-electron chi connectivity index (χ3n) is 4.96. The van der Waals surface area contributed by atoms with Crippen LogP contribution >= 0.6 is 0 Å². The summed E-state index contributed by atoms with van der Waals surface area (Å²) < 4.78 is 11.4. The van der Waals surface area contributed by atoms with E-state index in [1.807, 2.05) is 31.2 Å². The Labute approximate surface area is 128 Å². The molecule has 0 unspecified atom stereocenters. The standard InChI is InChI=1S/C17H26O3Si/c1-16(2,3)21(5,6)20-14-9-7-13(8-10-14)17(4)11-12-19-15(17)18/h7-10H,11-12H2,1-6H3/t17-/m0/s1. The molecule has 0 N–H and O–H groups in total. The van der Waals surface area contributed by atoms with Gasteiger partial charge in [-0.3, -0.25) is 4.79 Å². The maximum absolute atomic E-state index is 11.9. The topological polar surface area (TPSA) is 35.5 Å². The summed E-state index contributed by atoms with van der Waals surface area (Å²) in [5.74, 6) is 0.765. The van der Waals surface area contributed by atoms with E-state index < -0.39 is 13.7 Å². The van der Waals surface area contributed by atoms with Crippen molar-refractivity contribution in [3.05, 3.63) is 29.8 Å². The van der Waals surface area contributed by atoms with Gasteiger partial charge in [0.1, 0.15) is 5.75 Å². The Kier molecular flexibility index (Phi) is 3.95. The second kappa shape index (κ2) is 5.16. The maximum Gasteiger partial charge on any atom is 0.316 e. The van der Waals surface area contributed by atoms with Crippen molar-refractivity contribution < 1.29 is 14.0 Å². The fourth-order valence-corrected chi connectivity index (χ4v) is 3.24. The highest BCUT2D eigenvalue weighted by molar-refractivity contribution is 6.74. The summed E-state index contributed by atoms with van der Waals surface area (Å²) in [6, 6.07) is 7.95. The van der Waals surface area contributed by atoms with Crippen LogP contribution in [-0.4, -0.2) is 20.9 Å². The van der Waals surface area contributed by atoms with Crippen LogP contribution in [0.2, 0.25) is 18.1 Å². The Balaban J connectivity index is 2.19. The van der Waals surface area contributed by atoms with Crippen LogP contribution in [0.3, 0.4) is 0 Å². The lowest BCUT2D eigenvalue weighted by molar-refractivity contribution is -0.142. The highest BCUT2D eigenvalue weighted by Gasteiger charge is 2.42. The van der Waals surface area contributed by atoms with Crippen molar-refractivity contribution in [2.24, 2.45) is 0 Å². The molecule has 1 aromatic carbocycles. The zero-order valence-corrected chi connectivity index (χ0v) is 14.9. The first-order valence-corrected chi connectivity index (χ1v) is 10.4. The first-order chi connectivity index (χ1) is 9.56. The summed E-state index contributed by atoms with van der Waals surface area (Å²) in [5, 5.41) is 0.174. The number of rotatable bonds is 3. The largest absolute Gasteiger partial charge is 0.544 e. The summed E-state index contributed by atoms with van der Waals surface area (Å²) in [6.45, 7) is 13.6. The number of carbonyl (C=O) groups is 1. The average Bonchev–Trinajstić information content (AvgIpc) is 2.70. The molecule has 1 fully saturated rings. The van der Waals surface area contributed by atoms with E-state index in [0.717, 1.165) is 17.7 Å². The quantitative estimate of drug-likeness (QED) is 0.618. The average molecular weight is 306 g/mol. The van der Waals surface area contributed by atoms with Crippen LogP contribution in [0.4, 0.5) is 0 Å². The monoisotopic (exact) mass is 306 g/mol. The van der Waals surface area contributed by atoms with Gasteiger partial charge in [0.25, 0.3) is 0 Å². The molecule has 116 valence electrons. The van der Waals surface area contributed by atoms with E-state index in [2.05, 4.69) is 33.9 Å². The van der Waals surface area contributed by atoms with Crippen molar-refractivity contribution in [3.8, 4) is 5.75 Å². The Morgan fingerprint density at radius 1 is 1.19 bits per heavy atom. The van der Waals surface area contributed by atoms with Gasteiger partial charge in [0.05, 0.1) is 12.0 Å². The molecule has 21 heavy (non-hydrogen) atoms. The first-order valence-electron chi connectivity index (χ1n) is 7.53. The van der Waals surface area contributed by atoms with Gasteiger partial charge in [-0.2, -0.15) is 0 Å². The van der Waals surface area contributed by atoms with E-state index in [0.29, 0.717) is 6.61 Å². The normalized spacial score (nSPS) is 23.0. The Morgan fingerprint density at radius 3 is 2.19 bits per heavy atom. The Bertz CT molecular complexity index is 528. The van der Waals surface area contributed by atoms with Gasteiger partial charge in [0, 0.05) is 6.42 Å². The third-order valence-corrected chi connectivity index (χ3v) is 9.31. The van der Waals surface area contributed by atoms with Crippen molar-refractivity contribution >= 4 is 14.3 Å². The molecule has 3 nitrogen and oxygen atoms in total. The van der Waals surface area contributed by atoms with Gasteiger partial charge in [-0.05, 0) is 42.8 Å². The van der Waals surface area contributed by atoms with Gasteiger partial charge < -0.3 is 9.16 Å². The second-order valence-electron chi connectivity index (χ2n) is 7.60. The number of cyclic esters (lactones) is 1. The van der Waals surface area contributed by atoms with E-state index in [4.69, 9.17) is 9.16 Å². The summed E-state index contributed by atoms with van der Waals surface area (Å²) in [7, 11) is -1.82. The zero-order valence-electron chi connectivity index (χ0n) is 13.9. The number of hydrogen-bond acceptors (Lipinski definition) is 3. The van der Waals surface area contributed by atoms with Gasteiger partial charge in [-0.1, -0.05) is 32.9 Å². The fourth-order valence-electron chi connectivity index (χ4n) is 2.21. The lowest BCUT2D eigenvalue weighted by Gasteiger charge is -2.36. The molecule has 1 atom stereocenters. The molecule has 2 rings (SSSR count). The van der Waals surface area contributed by atoms with Crippen LogP contribution < -0.4 is 4.43 Å². The van der Waals surface area contributed by atoms with Gasteiger partial charge in [-0.15, -0.1) is 0 Å². The first kappa shape index (κ1) is 16.1. The third kappa shape index (κ3) is 3.00. The lowest BCUT2D eigenvalue weighted by atomic mass is 9.81. The van der Waals surface area contributed by atoms with Gasteiger partial charge in [0.2, 0.25) is 8.32 Å². The number of ether oxygens (including phenoxy) is 1. The predicted molar refractivity (Wildman–Crippen MR) is 87.2 cm³/mol. The van der Waals surface area contributed by atoms with Crippen molar-refractivity contribution in [2.75, 3.05) is 6.61 Å². The Hall–Kier alpha value is -1.29. The summed E-state index contributed by atoms with van der Waals surface area (Å²) in [5.41, 5.74) is 0.503. The number of hydrogen-bond donors (Lipinski definition) is 0. The van der Waals surface area contributed by atoms with Crippen LogP contribution in [0.5, 0.6) is 5.75 Å². The SMILES string of the molecule is CC(C)(C)[Si](C)(C)Oc1ccc([C@]2(C)CCOC2=O)cc1. The van der Waals surface area contributed by atoms with E-state index in [1.165, 1.54) is 0 Å². The van der Waals surface area contributed by atoms with Gasteiger partial charge >= 0.3 is 5.97 Å². The van der Waals surface area contributed by atoms with Crippen molar-refractivity contribution in [2.45, 2.75) is 57.7 Å². The van der Waals surface area contributed by atoms with Gasteiger partial charge in [-0.25, -0.2) is 0 Å². The van der Waals surface area contributed by atoms with Crippen molar-refractivity contribution in [1.82, 2.24) is 0 Å². The van der Waals surface area contributed by atoms with E-state index in [-0.39, 0.29) is 11.0 Å². The molecule has 0 saturated carbocycles. The number of esters is 1.